The fraction of sp³-hybridized carbons (Fsp3) is 0.417. The largest absolute Gasteiger partial charge is 0.488 e. The van der Waals surface area contributed by atoms with Crippen LogP contribution in [0.15, 0.2) is 18.2 Å². The van der Waals surface area contributed by atoms with Gasteiger partial charge in [0.2, 0.25) is 5.91 Å². The molecule has 0 bridgehead atoms. The van der Waals surface area contributed by atoms with E-state index in [2.05, 4.69) is 5.32 Å². The van der Waals surface area contributed by atoms with Crippen molar-refractivity contribution in [3.8, 4) is 5.75 Å². The Kier molecular flexibility index (Phi) is 3.54. The third kappa shape index (κ3) is 2.90. The quantitative estimate of drug-likeness (QED) is 0.846. The summed E-state index contributed by atoms with van der Waals surface area (Å²) in [6.45, 7) is 2.33. The molecule has 1 amide bonds. The molecule has 2 atom stereocenters. The van der Waals surface area contributed by atoms with Crippen LogP contribution >= 0.6 is 11.6 Å². The Morgan fingerprint density at radius 3 is 3.18 bits per heavy atom. The lowest BCUT2D eigenvalue weighted by Crippen LogP contribution is -2.43. The molecule has 1 aliphatic heterocycles. The first-order valence-electron chi connectivity index (χ1n) is 5.54. The van der Waals surface area contributed by atoms with E-state index in [1.807, 2.05) is 18.2 Å². The van der Waals surface area contributed by atoms with E-state index in [0.717, 1.165) is 17.7 Å². The number of primary amides is 1. The molecule has 1 aromatic carbocycles. The van der Waals surface area contributed by atoms with Gasteiger partial charge in [-0.25, -0.2) is 0 Å². The number of carbonyl (C=O) groups excluding carboxylic acids is 1. The summed E-state index contributed by atoms with van der Waals surface area (Å²) in [4.78, 5) is 10.9. The highest BCUT2D eigenvalue weighted by molar-refractivity contribution is 6.30. The van der Waals surface area contributed by atoms with E-state index >= 15 is 0 Å². The molecule has 0 fully saturated rings. The minimum Gasteiger partial charge on any atom is -0.488 e. The van der Waals surface area contributed by atoms with E-state index in [4.69, 9.17) is 22.1 Å². The number of nitrogens with one attached hydrogen (secondary N) is 1. The second-order valence-electron chi connectivity index (χ2n) is 4.23. The fourth-order valence-electron chi connectivity index (χ4n) is 1.81. The Morgan fingerprint density at radius 1 is 1.71 bits per heavy atom. The summed E-state index contributed by atoms with van der Waals surface area (Å²) in [6.07, 6.45) is 0.833. The Hall–Kier alpha value is -1.26. The second-order valence-corrected chi connectivity index (χ2v) is 4.66. The van der Waals surface area contributed by atoms with Crippen molar-refractivity contribution in [1.29, 1.82) is 0 Å². The van der Waals surface area contributed by atoms with Crippen molar-refractivity contribution >= 4 is 17.5 Å². The van der Waals surface area contributed by atoms with Gasteiger partial charge in [-0.3, -0.25) is 4.79 Å². The molecule has 1 heterocycles. The predicted octanol–water partition coefficient (Wildman–Crippen LogP) is 1.11. The van der Waals surface area contributed by atoms with Gasteiger partial charge in [0.25, 0.3) is 0 Å². The number of halogens is 1. The number of amides is 1. The molecule has 0 spiro atoms. The van der Waals surface area contributed by atoms with Crippen LogP contribution in [-0.2, 0) is 11.2 Å². The average Bonchev–Trinajstić information content (AvgIpc) is 2.67. The first-order chi connectivity index (χ1) is 8.06. The highest BCUT2D eigenvalue weighted by Gasteiger charge is 2.23. The fourth-order valence-corrected chi connectivity index (χ4v) is 2.01. The maximum absolute atomic E-state index is 10.9. The predicted molar refractivity (Wildman–Crippen MR) is 66.2 cm³/mol. The average molecular weight is 255 g/mol. The zero-order valence-corrected chi connectivity index (χ0v) is 10.3. The maximum Gasteiger partial charge on any atom is 0.234 e. The molecule has 0 aliphatic carbocycles. The summed E-state index contributed by atoms with van der Waals surface area (Å²) in [7, 11) is 0. The number of ether oxygens (including phenoxy) is 1. The smallest absolute Gasteiger partial charge is 0.234 e. The number of benzene rings is 1. The third-order valence-electron chi connectivity index (χ3n) is 2.84. The van der Waals surface area contributed by atoms with E-state index in [-0.39, 0.29) is 18.1 Å². The van der Waals surface area contributed by atoms with Gasteiger partial charge in [-0.15, -0.1) is 0 Å². The number of hydrogen-bond acceptors (Lipinski definition) is 3. The molecule has 3 N–H and O–H groups in total. The molecule has 0 radical (unpaired) electrons. The molecule has 1 aromatic rings. The van der Waals surface area contributed by atoms with Crippen LogP contribution in [0.5, 0.6) is 5.75 Å². The van der Waals surface area contributed by atoms with Crippen LogP contribution in [0.4, 0.5) is 0 Å². The van der Waals surface area contributed by atoms with Crippen molar-refractivity contribution in [2.75, 3.05) is 6.54 Å². The zero-order chi connectivity index (χ0) is 12.4. The zero-order valence-electron chi connectivity index (χ0n) is 9.57. The van der Waals surface area contributed by atoms with E-state index in [1.54, 1.807) is 6.92 Å². The lowest BCUT2D eigenvalue weighted by Gasteiger charge is -2.14. The van der Waals surface area contributed by atoms with Gasteiger partial charge in [-0.2, -0.15) is 0 Å². The Morgan fingerprint density at radius 2 is 2.47 bits per heavy atom. The molecule has 4 nitrogen and oxygen atoms in total. The molecule has 5 heteroatoms. The van der Waals surface area contributed by atoms with E-state index in [0.29, 0.717) is 11.6 Å². The molecular weight excluding hydrogens is 240 g/mol. The first kappa shape index (κ1) is 12.2. The van der Waals surface area contributed by atoms with Gasteiger partial charge < -0.3 is 15.8 Å². The molecule has 92 valence electrons. The van der Waals surface area contributed by atoms with Crippen molar-refractivity contribution in [2.45, 2.75) is 25.5 Å². The minimum atomic E-state index is -0.358. The van der Waals surface area contributed by atoms with Gasteiger partial charge in [0.05, 0.1) is 6.04 Å². The number of carbonyl (C=O) groups is 1. The number of nitrogens with two attached hydrogens (primary N) is 1. The molecule has 0 saturated carbocycles. The normalized spacial score (nSPS) is 19.5. The second kappa shape index (κ2) is 4.94. The van der Waals surface area contributed by atoms with Crippen molar-refractivity contribution in [3.05, 3.63) is 28.8 Å². The Balaban J connectivity index is 1.90. The van der Waals surface area contributed by atoms with E-state index in [1.165, 1.54) is 0 Å². The monoisotopic (exact) mass is 254 g/mol. The summed E-state index contributed by atoms with van der Waals surface area (Å²) in [5.74, 6) is 0.511. The maximum atomic E-state index is 10.9. The lowest BCUT2D eigenvalue weighted by atomic mass is 10.1. The van der Waals surface area contributed by atoms with Crippen LogP contribution in [0.2, 0.25) is 5.02 Å². The number of fused-ring (bicyclic) bond motifs is 1. The van der Waals surface area contributed by atoms with Crippen LogP contribution in [0.25, 0.3) is 0 Å². The first-order valence-corrected chi connectivity index (χ1v) is 5.92. The van der Waals surface area contributed by atoms with E-state index < -0.39 is 0 Å². The van der Waals surface area contributed by atoms with Crippen LogP contribution in [-0.4, -0.2) is 24.6 Å². The van der Waals surface area contributed by atoms with Crippen molar-refractivity contribution in [3.63, 3.8) is 0 Å². The topological polar surface area (TPSA) is 64.3 Å². The molecule has 2 rings (SSSR count). The standard InChI is InChI=1S/C12H15ClN2O2/c1-7(12(14)16)15-6-10-5-8-4-9(13)2-3-11(8)17-10/h2-4,7,10,15H,5-6H2,1H3,(H2,14,16). The van der Waals surface area contributed by atoms with Gasteiger partial charge in [0.1, 0.15) is 11.9 Å². The van der Waals surface area contributed by atoms with Gasteiger partial charge >= 0.3 is 0 Å². The van der Waals surface area contributed by atoms with Crippen LogP contribution in [0, 0.1) is 0 Å². The van der Waals surface area contributed by atoms with Gasteiger partial charge in [0.15, 0.2) is 0 Å². The van der Waals surface area contributed by atoms with Crippen molar-refractivity contribution < 1.29 is 9.53 Å². The van der Waals surface area contributed by atoms with Gasteiger partial charge in [0, 0.05) is 18.0 Å². The summed E-state index contributed by atoms with van der Waals surface area (Å²) in [5, 5.41) is 3.76. The molecular formula is C12H15ClN2O2. The Labute approximate surface area is 105 Å². The summed E-state index contributed by atoms with van der Waals surface area (Å²) in [6, 6.07) is 5.25. The van der Waals surface area contributed by atoms with Gasteiger partial charge in [-0.1, -0.05) is 11.6 Å². The third-order valence-corrected chi connectivity index (χ3v) is 3.08. The van der Waals surface area contributed by atoms with Crippen LogP contribution in [0.3, 0.4) is 0 Å². The molecule has 1 aliphatic rings. The summed E-state index contributed by atoms with van der Waals surface area (Å²) >= 11 is 5.91. The summed E-state index contributed by atoms with van der Waals surface area (Å²) < 4.78 is 5.72. The summed E-state index contributed by atoms with van der Waals surface area (Å²) in [5.41, 5.74) is 6.27. The minimum absolute atomic E-state index is 0.0327. The van der Waals surface area contributed by atoms with Crippen molar-refractivity contribution in [2.24, 2.45) is 5.73 Å². The van der Waals surface area contributed by atoms with E-state index in [9.17, 15) is 4.79 Å². The highest BCUT2D eigenvalue weighted by atomic mass is 35.5. The molecule has 2 unspecified atom stereocenters. The number of rotatable bonds is 4. The van der Waals surface area contributed by atoms with Crippen LogP contribution in [0.1, 0.15) is 12.5 Å². The SMILES string of the molecule is CC(NCC1Cc2cc(Cl)ccc2O1)C(N)=O. The Bertz CT molecular complexity index is 437. The van der Waals surface area contributed by atoms with Crippen molar-refractivity contribution in [1.82, 2.24) is 5.32 Å². The molecule has 17 heavy (non-hydrogen) atoms. The molecule has 0 saturated heterocycles. The lowest BCUT2D eigenvalue weighted by molar-refractivity contribution is -0.119. The van der Waals surface area contributed by atoms with Gasteiger partial charge in [-0.05, 0) is 30.7 Å². The number of hydrogen-bond donors (Lipinski definition) is 2. The van der Waals surface area contributed by atoms with Crippen LogP contribution < -0.4 is 15.8 Å². The highest BCUT2D eigenvalue weighted by Crippen LogP contribution is 2.30. The molecule has 0 aromatic heterocycles.